The molecule has 0 bridgehead atoms. The zero-order valence-electron chi connectivity index (χ0n) is 16.1. The molecule has 0 saturated carbocycles. The van der Waals surface area contributed by atoms with Crippen LogP contribution in [0, 0.1) is 0 Å². The van der Waals surface area contributed by atoms with Crippen molar-refractivity contribution in [3.8, 4) is 5.75 Å². The topological polar surface area (TPSA) is 72.5 Å². The number of rotatable bonds is 6. The van der Waals surface area contributed by atoms with Crippen molar-refractivity contribution in [1.82, 2.24) is 5.32 Å². The number of para-hydroxylation sites is 1. The van der Waals surface area contributed by atoms with Crippen molar-refractivity contribution in [2.75, 3.05) is 6.61 Å². The average molecular weight is 397 g/mol. The van der Waals surface area contributed by atoms with E-state index >= 15 is 0 Å². The molecule has 1 aliphatic rings. The molecule has 0 unspecified atom stereocenters. The Morgan fingerprint density at radius 3 is 2.10 bits per heavy atom. The number of hydrogen-bond acceptors (Lipinski definition) is 4. The van der Waals surface area contributed by atoms with Gasteiger partial charge < -0.3 is 10.1 Å². The second-order valence-electron chi connectivity index (χ2n) is 6.85. The van der Waals surface area contributed by atoms with Gasteiger partial charge in [0.05, 0.1) is 5.57 Å². The third-order valence-corrected chi connectivity index (χ3v) is 4.82. The first-order chi connectivity index (χ1) is 14.6. The molecule has 0 atom stereocenters. The van der Waals surface area contributed by atoms with Gasteiger partial charge in [-0.25, -0.2) is 0 Å². The molecule has 0 aliphatic heterocycles. The number of carbonyl (C=O) groups is 3. The van der Waals surface area contributed by atoms with Crippen LogP contribution in [-0.2, 0) is 11.3 Å². The lowest BCUT2D eigenvalue weighted by molar-refractivity contribution is -0.123. The number of Topliss-reactive ketones (excluding diaryl/α,β-unsaturated/α-hetero) is 2. The first-order valence-corrected chi connectivity index (χ1v) is 9.56. The normalized spacial score (nSPS) is 12.5. The van der Waals surface area contributed by atoms with Gasteiger partial charge in [0, 0.05) is 23.2 Å². The summed E-state index contributed by atoms with van der Waals surface area (Å²) in [6, 6.07) is 23.4. The van der Waals surface area contributed by atoms with Gasteiger partial charge in [-0.05, 0) is 17.7 Å². The Labute approximate surface area is 174 Å². The number of nitrogens with one attached hydrogen (secondary N) is 1. The molecule has 4 rings (SSSR count). The molecule has 5 heteroatoms. The Hall–Kier alpha value is -3.99. The molecule has 0 aromatic heterocycles. The summed E-state index contributed by atoms with van der Waals surface area (Å²) in [5.74, 6) is -0.435. The van der Waals surface area contributed by atoms with Gasteiger partial charge in [0.1, 0.15) is 5.75 Å². The van der Waals surface area contributed by atoms with Gasteiger partial charge >= 0.3 is 0 Å². The van der Waals surface area contributed by atoms with Crippen LogP contribution in [0.3, 0.4) is 0 Å². The highest BCUT2D eigenvalue weighted by atomic mass is 16.5. The third-order valence-electron chi connectivity index (χ3n) is 4.82. The van der Waals surface area contributed by atoms with Crippen molar-refractivity contribution >= 4 is 23.5 Å². The third kappa shape index (κ3) is 4.05. The molecule has 3 aromatic rings. The summed E-state index contributed by atoms with van der Waals surface area (Å²) in [4.78, 5) is 37.4. The van der Waals surface area contributed by atoms with E-state index < -0.39 is 0 Å². The predicted molar refractivity (Wildman–Crippen MR) is 113 cm³/mol. The summed E-state index contributed by atoms with van der Waals surface area (Å²) in [6.07, 6.45) is 1.53. The SMILES string of the molecule is O=C(COc1ccccc1C=C1C(=O)c2ccccc2C1=O)NCc1ccccc1. The molecule has 0 heterocycles. The van der Waals surface area contributed by atoms with Crippen molar-refractivity contribution in [1.29, 1.82) is 0 Å². The van der Waals surface area contributed by atoms with Gasteiger partial charge in [-0.1, -0.05) is 72.8 Å². The van der Waals surface area contributed by atoms with Gasteiger partial charge in [0.2, 0.25) is 0 Å². The predicted octanol–water partition coefficient (Wildman–Crippen LogP) is 3.84. The van der Waals surface area contributed by atoms with Crippen LogP contribution in [0.5, 0.6) is 5.75 Å². The average Bonchev–Trinajstić information content (AvgIpc) is 3.03. The Bertz CT molecular complexity index is 1110. The van der Waals surface area contributed by atoms with E-state index in [2.05, 4.69) is 5.32 Å². The van der Waals surface area contributed by atoms with Gasteiger partial charge in [-0.2, -0.15) is 0 Å². The Kier molecular flexibility index (Phi) is 5.52. The summed E-state index contributed by atoms with van der Waals surface area (Å²) in [5, 5.41) is 2.80. The van der Waals surface area contributed by atoms with E-state index in [0.29, 0.717) is 29.0 Å². The maximum atomic E-state index is 12.6. The zero-order chi connectivity index (χ0) is 20.9. The molecule has 1 N–H and O–H groups in total. The molecule has 0 spiro atoms. The number of amides is 1. The van der Waals surface area contributed by atoms with Crippen LogP contribution in [0.15, 0.2) is 84.4 Å². The minimum absolute atomic E-state index is 0.0979. The fourth-order valence-corrected chi connectivity index (χ4v) is 3.28. The van der Waals surface area contributed by atoms with E-state index in [0.717, 1.165) is 5.56 Å². The molecule has 0 radical (unpaired) electrons. The van der Waals surface area contributed by atoms with Crippen LogP contribution >= 0.6 is 0 Å². The summed E-state index contributed by atoms with van der Waals surface area (Å²) < 4.78 is 5.67. The second-order valence-corrected chi connectivity index (χ2v) is 6.85. The van der Waals surface area contributed by atoms with E-state index in [9.17, 15) is 14.4 Å². The largest absolute Gasteiger partial charge is 0.483 e. The van der Waals surface area contributed by atoms with E-state index in [4.69, 9.17) is 4.74 Å². The van der Waals surface area contributed by atoms with Gasteiger partial charge in [-0.15, -0.1) is 0 Å². The smallest absolute Gasteiger partial charge is 0.258 e. The minimum atomic E-state index is -0.300. The van der Waals surface area contributed by atoms with Crippen molar-refractivity contribution in [3.05, 3.63) is 107 Å². The highest BCUT2D eigenvalue weighted by molar-refractivity contribution is 6.41. The van der Waals surface area contributed by atoms with Crippen LogP contribution in [0.4, 0.5) is 0 Å². The van der Waals surface area contributed by atoms with Gasteiger partial charge in [-0.3, -0.25) is 14.4 Å². The number of benzene rings is 3. The zero-order valence-corrected chi connectivity index (χ0v) is 16.1. The molecule has 3 aromatic carbocycles. The minimum Gasteiger partial charge on any atom is -0.483 e. The summed E-state index contributed by atoms with van der Waals surface area (Å²) in [6.45, 7) is 0.241. The van der Waals surface area contributed by atoms with Crippen molar-refractivity contribution in [2.24, 2.45) is 0 Å². The first kappa shape index (κ1) is 19.3. The molecule has 30 heavy (non-hydrogen) atoms. The molecular formula is C25H19NO4. The van der Waals surface area contributed by atoms with E-state index in [1.807, 2.05) is 30.3 Å². The molecule has 1 aliphatic carbocycles. The fourth-order valence-electron chi connectivity index (χ4n) is 3.28. The lowest BCUT2D eigenvalue weighted by Crippen LogP contribution is -2.28. The lowest BCUT2D eigenvalue weighted by Gasteiger charge is -2.10. The summed E-state index contributed by atoms with van der Waals surface area (Å²) in [5.41, 5.74) is 2.48. The lowest BCUT2D eigenvalue weighted by atomic mass is 10.1. The molecule has 5 nitrogen and oxygen atoms in total. The van der Waals surface area contributed by atoms with Crippen LogP contribution < -0.4 is 10.1 Å². The molecular weight excluding hydrogens is 378 g/mol. The van der Waals surface area contributed by atoms with E-state index in [-0.39, 0.29) is 29.7 Å². The summed E-state index contributed by atoms with van der Waals surface area (Å²) >= 11 is 0. The standard InChI is InChI=1S/C25H19NO4/c27-23(26-15-17-8-2-1-3-9-17)16-30-22-13-7-4-10-18(22)14-21-24(28)19-11-5-6-12-20(19)25(21)29/h1-14H,15-16H2,(H,26,27). The van der Waals surface area contributed by atoms with E-state index in [1.165, 1.54) is 6.08 Å². The maximum absolute atomic E-state index is 12.6. The Balaban J connectivity index is 1.46. The Morgan fingerprint density at radius 2 is 1.40 bits per heavy atom. The van der Waals surface area contributed by atoms with Crippen LogP contribution in [0.1, 0.15) is 31.8 Å². The number of allylic oxidation sites excluding steroid dienone is 1. The molecule has 0 fully saturated rings. The quantitative estimate of drug-likeness (QED) is 0.507. The van der Waals surface area contributed by atoms with Crippen LogP contribution in [0.25, 0.3) is 6.08 Å². The fraction of sp³-hybridized carbons (Fsp3) is 0.0800. The van der Waals surface area contributed by atoms with Crippen molar-refractivity contribution in [3.63, 3.8) is 0 Å². The number of carbonyl (C=O) groups excluding carboxylic acids is 3. The number of hydrogen-bond donors (Lipinski definition) is 1. The second kappa shape index (κ2) is 8.57. The van der Waals surface area contributed by atoms with Crippen molar-refractivity contribution in [2.45, 2.75) is 6.54 Å². The van der Waals surface area contributed by atoms with Crippen LogP contribution in [0.2, 0.25) is 0 Å². The molecule has 1 amide bonds. The summed E-state index contributed by atoms with van der Waals surface area (Å²) in [7, 11) is 0. The van der Waals surface area contributed by atoms with Gasteiger partial charge in [0.15, 0.2) is 18.2 Å². The van der Waals surface area contributed by atoms with E-state index in [1.54, 1.807) is 48.5 Å². The number of ether oxygens (including phenoxy) is 1. The number of ketones is 2. The first-order valence-electron chi connectivity index (χ1n) is 9.56. The Morgan fingerprint density at radius 1 is 0.800 bits per heavy atom. The monoisotopic (exact) mass is 397 g/mol. The van der Waals surface area contributed by atoms with Crippen molar-refractivity contribution < 1.29 is 19.1 Å². The number of fused-ring (bicyclic) bond motifs is 1. The molecule has 0 saturated heterocycles. The maximum Gasteiger partial charge on any atom is 0.258 e. The van der Waals surface area contributed by atoms with Gasteiger partial charge in [0.25, 0.3) is 5.91 Å². The highest BCUT2D eigenvalue weighted by Crippen LogP contribution is 2.29. The highest BCUT2D eigenvalue weighted by Gasteiger charge is 2.32. The van der Waals surface area contributed by atoms with Crippen LogP contribution in [-0.4, -0.2) is 24.1 Å². The molecule has 148 valence electrons.